The Labute approximate surface area is 307 Å². The predicted molar refractivity (Wildman–Crippen MR) is 198 cm³/mol. The number of aryl methyl sites for hydroxylation is 2. The van der Waals surface area contributed by atoms with E-state index in [1.54, 1.807) is 10.4 Å². The van der Waals surface area contributed by atoms with Crippen LogP contribution in [0.5, 0.6) is 0 Å². The molecule has 6 rings (SSSR count). The quantitative estimate of drug-likeness (QED) is 0.160. The van der Waals surface area contributed by atoms with E-state index in [0.717, 1.165) is 19.3 Å². The molecule has 0 atom stereocenters. The summed E-state index contributed by atoms with van der Waals surface area (Å²) in [7, 11) is -2.14. The number of hydrogen-bond acceptors (Lipinski definition) is 0. The number of rotatable bonds is 6. The van der Waals surface area contributed by atoms with Crippen molar-refractivity contribution in [1.82, 2.24) is 0 Å². The molecule has 1 aliphatic rings. The molecular weight excluding hydrogens is 711 g/mol. The summed E-state index contributed by atoms with van der Waals surface area (Å²) in [6.07, 6.45) is 9.37. The van der Waals surface area contributed by atoms with Gasteiger partial charge in [-0.1, -0.05) is 88.5 Å². The minimum atomic E-state index is -1.09. The van der Waals surface area contributed by atoms with Gasteiger partial charge in [-0.2, -0.15) is 5.20 Å². The fourth-order valence-electron chi connectivity index (χ4n) is 5.37. The Morgan fingerprint density at radius 3 is 1.41 bits per heavy atom. The molecule has 240 valence electrons. The van der Waals surface area contributed by atoms with Crippen LogP contribution < -0.4 is 24.8 Å². The molecule has 46 heavy (non-hydrogen) atoms. The molecule has 0 saturated carbocycles. The van der Waals surface area contributed by atoms with Crippen LogP contribution in [0.2, 0.25) is 39.3 Å². The van der Waals surface area contributed by atoms with Gasteiger partial charge in [-0.05, 0) is 12.8 Å². The maximum atomic E-state index is 3.57. The van der Waals surface area contributed by atoms with E-state index in [2.05, 4.69) is 168 Å². The van der Waals surface area contributed by atoms with Gasteiger partial charge < -0.3 is 24.8 Å². The van der Waals surface area contributed by atoms with Gasteiger partial charge in [0.2, 0.25) is 0 Å². The molecule has 0 aromatic heterocycles. The van der Waals surface area contributed by atoms with Crippen LogP contribution in [0.25, 0.3) is 21.5 Å². The zero-order chi connectivity index (χ0) is 31.9. The summed E-state index contributed by atoms with van der Waals surface area (Å²) >= 11 is 1.46. The Morgan fingerprint density at radius 1 is 0.652 bits per heavy atom. The molecule has 0 fully saturated rings. The molecule has 0 aliphatic heterocycles. The number of allylic oxidation sites excluding steroid dienone is 4. The van der Waals surface area contributed by atoms with Crippen LogP contribution in [0.1, 0.15) is 42.5 Å². The summed E-state index contributed by atoms with van der Waals surface area (Å²) in [4.78, 5) is 0. The van der Waals surface area contributed by atoms with Gasteiger partial charge in [0.25, 0.3) is 0 Å². The van der Waals surface area contributed by atoms with Crippen molar-refractivity contribution in [2.45, 2.75) is 72.4 Å². The van der Waals surface area contributed by atoms with E-state index in [1.807, 2.05) is 0 Å². The molecular formula is C41H48Cl2Si2Zr-2. The Morgan fingerprint density at radius 2 is 1.09 bits per heavy atom. The van der Waals surface area contributed by atoms with Gasteiger partial charge in [0.15, 0.2) is 0 Å². The average Bonchev–Trinajstić information content (AvgIpc) is 3.68. The van der Waals surface area contributed by atoms with E-state index in [1.165, 1.54) is 71.2 Å². The summed E-state index contributed by atoms with van der Waals surface area (Å²) in [5, 5.41) is 8.77. The Bertz CT molecular complexity index is 1670. The molecule has 0 heterocycles. The second-order valence-corrected chi connectivity index (χ2v) is 25.1. The number of benzene rings is 4. The molecule has 0 radical (unpaired) electrons. The number of halogens is 2. The first kappa shape index (κ1) is 40.2. The summed E-state index contributed by atoms with van der Waals surface area (Å²) in [5.74, 6) is 0. The zero-order valence-electron chi connectivity index (χ0n) is 28.8. The van der Waals surface area contributed by atoms with Crippen molar-refractivity contribution < 1.29 is 49.0 Å². The van der Waals surface area contributed by atoms with Gasteiger partial charge in [0.05, 0.1) is 8.07 Å². The first-order chi connectivity index (χ1) is 20.9. The van der Waals surface area contributed by atoms with Crippen molar-refractivity contribution in [3.05, 3.63) is 148 Å². The van der Waals surface area contributed by atoms with Crippen molar-refractivity contribution in [2.24, 2.45) is 0 Å². The second-order valence-electron chi connectivity index (χ2n) is 13.7. The Balaban J connectivity index is 0.000000238. The SMILES string of the molecule is CCc1ccc2c(c1)[cH-]c1cc(CC)ccc12.C[Si](C)(C)C1=[C-]CC([Si](C)(C)C)=C1.[Cl-].[Cl-].[Zr+2]=[C](c1ccccc1)c1ccccc1. The van der Waals surface area contributed by atoms with Gasteiger partial charge in [0.1, 0.15) is 0 Å². The van der Waals surface area contributed by atoms with Crippen LogP contribution in [0.4, 0.5) is 0 Å². The fourth-order valence-corrected chi connectivity index (χ4v) is 8.75. The monoisotopic (exact) mass is 756 g/mol. The van der Waals surface area contributed by atoms with Crippen molar-refractivity contribution in [1.29, 1.82) is 0 Å². The summed E-state index contributed by atoms with van der Waals surface area (Å²) in [6.45, 7) is 18.9. The number of hydrogen-bond donors (Lipinski definition) is 0. The van der Waals surface area contributed by atoms with Crippen LogP contribution in [-0.2, 0) is 37.1 Å². The van der Waals surface area contributed by atoms with E-state index < -0.39 is 16.1 Å². The fraction of sp³-hybridized carbons (Fsp3) is 0.268. The van der Waals surface area contributed by atoms with Gasteiger partial charge in [0, 0.05) is 8.07 Å². The third kappa shape index (κ3) is 10.8. The molecule has 5 heteroatoms. The average molecular weight is 759 g/mol. The Hall–Kier alpha value is -2.00. The first-order valence-corrected chi connectivity index (χ1v) is 24.3. The molecule has 0 bridgehead atoms. The molecule has 0 saturated heterocycles. The van der Waals surface area contributed by atoms with Crippen molar-refractivity contribution in [3.8, 4) is 0 Å². The zero-order valence-corrected chi connectivity index (χ0v) is 34.7. The number of fused-ring (bicyclic) bond motifs is 3. The van der Waals surface area contributed by atoms with Crippen LogP contribution in [-0.4, -0.2) is 19.4 Å². The molecule has 5 aromatic carbocycles. The summed E-state index contributed by atoms with van der Waals surface area (Å²) in [5.41, 5.74) is 5.50. The van der Waals surface area contributed by atoms with E-state index in [0.29, 0.717) is 0 Å². The third-order valence-electron chi connectivity index (χ3n) is 8.33. The van der Waals surface area contributed by atoms with Gasteiger partial charge >= 0.3 is 99.2 Å². The van der Waals surface area contributed by atoms with Crippen molar-refractivity contribution in [2.75, 3.05) is 0 Å². The van der Waals surface area contributed by atoms with E-state index in [4.69, 9.17) is 0 Å². The predicted octanol–water partition coefficient (Wildman–Crippen LogP) is 5.45. The molecule has 5 aromatic rings. The standard InChI is InChI=1S/C17H17.C13H10.C11H21Si2.2ClH.Zr/c1-3-12-5-7-16-14(9-12)11-15-10-13(4-2)6-8-17(15)16;1-3-7-12(8-4-1)11-13-9-5-2-6-10-13;1-12(2,3)10-7-8-11(9-10)13(4,5)6;;;/h5-11H,3-4H2,1-2H3;1-10H;9H,7H2,1-6H3;2*1H;/q-1;;-1;;;+2/p-2. The maximum absolute atomic E-state index is 3.57. The van der Waals surface area contributed by atoms with Crippen LogP contribution in [0.15, 0.2) is 120 Å². The van der Waals surface area contributed by atoms with E-state index in [-0.39, 0.29) is 24.8 Å². The van der Waals surface area contributed by atoms with Crippen molar-refractivity contribution in [3.63, 3.8) is 0 Å². The molecule has 0 amide bonds. The van der Waals surface area contributed by atoms with Crippen molar-refractivity contribution >= 4 is 40.9 Å². The molecule has 1 aliphatic carbocycles. The van der Waals surface area contributed by atoms with Crippen LogP contribution in [0.3, 0.4) is 0 Å². The van der Waals surface area contributed by atoms with Crippen LogP contribution >= 0.6 is 0 Å². The normalized spacial score (nSPS) is 12.5. The molecule has 0 N–H and O–H groups in total. The van der Waals surface area contributed by atoms with Crippen LogP contribution in [0, 0.1) is 6.08 Å². The Kier molecular flexibility index (Phi) is 15.7. The van der Waals surface area contributed by atoms with E-state index in [9.17, 15) is 0 Å². The van der Waals surface area contributed by atoms with Gasteiger partial charge in [-0.15, -0.1) is 46.2 Å². The third-order valence-corrected chi connectivity index (χ3v) is 13.9. The van der Waals surface area contributed by atoms with Gasteiger partial charge in [-0.3, -0.25) is 6.08 Å². The molecule has 0 nitrogen and oxygen atoms in total. The van der Waals surface area contributed by atoms with E-state index >= 15 is 0 Å². The topological polar surface area (TPSA) is 0 Å². The first-order valence-electron chi connectivity index (χ1n) is 16.0. The van der Waals surface area contributed by atoms with Gasteiger partial charge in [-0.25, -0.2) is 11.3 Å². The second kappa shape index (κ2) is 18.0. The molecule has 0 unspecified atom stereocenters. The summed E-state index contributed by atoms with van der Waals surface area (Å²) < 4.78 is 1.42. The molecule has 0 spiro atoms. The summed E-state index contributed by atoms with van der Waals surface area (Å²) in [6, 6.07) is 37.1. The minimum absolute atomic E-state index is 0.